The second-order valence-electron chi connectivity index (χ2n) is 4.02. The minimum absolute atomic E-state index is 0.0902. The van der Waals surface area contributed by atoms with Gasteiger partial charge in [0.15, 0.2) is 0 Å². The molecule has 0 spiro atoms. The number of hydrogen-bond donors (Lipinski definition) is 1. The molecule has 0 amide bonds. The minimum atomic E-state index is 0.0902. The molecule has 0 aromatic carbocycles. The van der Waals surface area contributed by atoms with Gasteiger partial charge in [0.2, 0.25) is 0 Å². The Kier molecular flexibility index (Phi) is 3.37. The summed E-state index contributed by atoms with van der Waals surface area (Å²) in [7, 11) is 0. The molecule has 2 aromatic rings. The van der Waals surface area contributed by atoms with Crippen LogP contribution in [-0.2, 0) is 13.0 Å². The maximum atomic E-state index is 5.90. The smallest absolute Gasteiger partial charge is 0.0421 e. The largest absolute Gasteiger partial charge is 0.350 e. The third-order valence-corrected chi connectivity index (χ3v) is 2.72. The van der Waals surface area contributed by atoms with Crippen LogP contribution < -0.4 is 5.73 Å². The lowest BCUT2D eigenvalue weighted by Gasteiger charge is -2.11. The van der Waals surface area contributed by atoms with Crippen molar-refractivity contribution in [3.05, 3.63) is 54.1 Å². The van der Waals surface area contributed by atoms with E-state index in [2.05, 4.69) is 33.9 Å². The van der Waals surface area contributed by atoms with Gasteiger partial charge in [0.1, 0.15) is 0 Å². The Balaban J connectivity index is 2.02. The zero-order valence-corrected chi connectivity index (χ0v) is 9.50. The maximum absolute atomic E-state index is 5.90. The first-order chi connectivity index (χ1) is 7.77. The molecule has 0 fully saturated rings. The molecular formula is C13H17N3. The van der Waals surface area contributed by atoms with Crippen LogP contribution in [0.1, 0.15) is 24.2 Å². The van der Waals surface area contributed by atoms with Crippen LogP contribution in [0.5, 0.6) is 0 Å². The first-order valence-corrected chi connectivity index (χ1v) is 5.57. The SMILES string of the molecule is CC(N)c1cccn1CCc1ccncc1. The molecule has 2 aromatic heterocycles. The van der Waals surface area contributed by atoms with E-state index < -0.39 is 0 Å². The highest BCUT2D eigenvalue weighted by Gasteiger charge is 2.04. The van der Waals surface area contributed by atoms with Gasteiger partial charge in [0, 0.05) is 36.9 Å². The monoisotopic (exact) mass is 215 g/mol. The molecule has 2 rings (SSSR count). The van der Waals surface area contributed by atoms with Crippen molar-refractivity contribution < 1.29 is 0 Å². The van der Waals surface area contributed by atoms with Crippen LogP contribution in [-0.4, -0.2) is 9.55 Å². The molecule has 2 heterocycles. The van der Waals surface area contributed by atoms with Gasteiger partial charge in [-0.05, 0) is 43.2 Å². The van der Waals surface area contributed by atoms with Crippen molar-refractivity contribution in [2.24, 2.45) is 5.73 Å². The number of rotatable bonds is 4. The van der Waals surface area contributed by atoms with E-state index in [1.165, 1.54) is 11.3 Å². The van der Waals surface area contributed by atoms with Gasteiger partial charge in [-0.1, -0.05) is 0 Å². The van der Waals surface area contributed by atoms with Crippen molar-refractivity contribution in [1.82, 2.24) is 9.55 Å². The van der Waals surface area contributed by atoms with E-state index in [1.807, 2.05) is 25.4 Å². The summed E-state index contributed by atoms with van der Waals surface area (Å²) in [6.45, 7) is 2.98. The molecule has 0 bridgehead atoms. The summed E-state index contributed by atoms with van der Waals surface area (Å²) < 4.78 is 2.21. The Morgan fingerprint density at radius 1 is 1.31 bits per heavy atom. The average Bonchev–Trinajstić information content (AvgIpc) is 2.76. The number of nitrogens with zero attached hydrogens (tertiary/aromatic N) is 2. The van der Waals surface area contributed by atoms with Crippen LogP contribution in [0.25, 0.3) is 0 Å². The Bertz CT molecular complexity index is 431. The summed E-state index contributed by atoms with van der Waals surface area (Å²) in [5.41, 5.74) is 8.39. The van der Waals surface area contributed by atoms with Crippen molar-refractivity contribution in [2.75, 3.05) is 0 Å². The second-order valence-corrected chi connectivity index (χ2v) is 4.02. The van der Waals surface area contributed by atoms with E-state index in [-0.39, 0.29) is 6.04 Å². The molecule has 3 heteroatoms. The molecule has 0 aliphatic heterocycles. The lowest BCUT2D eigenvalue weighted by atomic mass is 10.2. The summed E-state index contributed by atoms with van der Waals surface area (Å²) in [4.78, 5) is 4.01. The molecule has 3 nitrogen and oxygen atoms in total. The molecule has 0 aliphatic rings. The fourth-order valence-corrected chi connectivity index (χ4v) is 1.84. The Hall–Kier alpha value is -1.61. The summed E-state index contributed by atoms with van der Waals surface area (Å²) in [6, 6.07) is 8.32. The molecule has 0 saturated carbocycles. The normalized spacial score (nSPS) is 12.6. The van der Waals surface area contributed by atoms with Crippen molar-refractivity contribution in [3.8, 4) is 0 Å². The summed E-state index contributed by atoms with van der Waals surface area (Å²) in [5.74, 6) is 0. The number of hydrogen-bond acceptors (Lipinski definition) is 2. The van der Waals surface area contributed by atoms with Gasteiger partial charge in [-0.25, -0.2) is 0 Å². The van der Waals surface area contributed by atoms with Crippen LogP contribution in [0.3, 0.4) is 0 Å². The second kappa shape index (κ2) is 4.94. The third-order valence-electron chi connectivity index (χ3n) is 2.72. The van der Waals surface area contributed by atoms with Gasteiger partial charge in [-0.2, -0.15) is 0 Å². The van der Waals surface area contributed by atoms with Crippen LogP contribution >= 0.6 is 0 Å². The molecule has 0 saturated heterocycles. The van der Waals surface area contributed by atoms with Crippen molar-refractivity contribution >= 4 is 0 Å². The van der Waals surface area contributed by atoms with Crippen LogP contribution in [0.2, 0.25) is 0 Å². The number of nitrogens with two attached hydrogens (primary N) is 1. The van der Waals surface area contributed by atoms with Gasteiger partial charge < -0.3 is 10.3 Å². The highest BCUT2D eigenvalue weighted by Crippen LogP contribution is 2.11. The zero-order chi connectivity index (χ0) is 11.4. The summed E-state index contributed by atoms with van der Waals surface area (Å²) in [6.07, 6.45) is 6.76. The van der Waals surface area contributed by atoms with Crippen molar-refractivity contribution in [2.45, 2.75) is 25.9 Å². The fourth-order valence-electron chi connectivity index (χ4n) is 1.84. The summed E-state index contributed by atoms with van der Waals surface area (Å²) >= 11 is 0. The Morgan fingerprint density at radius 2 is 2.06 bits per heavy atom. The van der Waals surface area contributed by atoms with Gasteiger partial charge in [-0.15, -0.1) is 0 Å². The third kappa shape index (κ3) is 2.49. The molecule has 2 N–H and O–H groups in total. The van der Waals surface area contributed by atoms with E-state index in [4.69, 9.17) is 5.73 Å². The molecule has 0 radical (unpaired) electrons. The Morgan fingerprint density at radius 3 is 2.75 bits per heavy atom. The highest BCUT2D eigenvalue weighted by atomic mass is 15.0. The minimum Gasteiger partial charge on any atom is -0.350 e. The zero-order valence-electron chi connectivity index (χ0n) is 9.50. The standard InChI is InChI=1S/C13H17N3/c1-11(14)13-3-2-9-16(13)10-6-12-4-7-15-8-5-12/h2-5,7-9,11H,6,10,14H2,1H3. The van der Waals surface area contributed by atoms with E-state index in [0.717, 1.165) is 13.0 Å². The van der Waals surface area contributed by atoms with Gasteiger partial charge in [0.25, 0.3) is 0 Å². The molecule has 16 heavy (non-hydrogen) atoms. The average molecular weight is 215 g/mol. The van der Waals surface area contributed by atoms with E-state index in [0.29, 0.717) is 0 Å². The summed E-state index contributed by atoms with van der Waals surface area (Å²) in [5, 5.41) is 0. The predicted molar refractivity (Wildman–Crippen MR) is 65.0 cm³/mol. The van der Waals surface area contributed by atoms with Crippen LogP contribution in [0.15, 0.2) is 42.9 Å². The first kappa shape index (κ1) is 10.9. The van der Waals surface area contributed by atoms with Gasteiger partial charge >= 0.3 is 0 Å². The molecule has 1 unspecified atom stereocenters. The van der Waals surface area contributed by atoms with Crippen molar-refractivity contribution in [3.63, 3.8) is 0 Å². The van der Waals surface area contributed by atoms with Gasteiger partial charge in [-0.3, -0.25) is 4.98 Å². The van der Waals surface area contributed by atoms with E-state index in [1.54, 1.807) is 0 Å². The predicted octanol–water partition coefficient (Wildman–Crippen LogP) is 2.15. The van der Waals surface area contributed by atoms with Crippen LogP contribution in [0, 0.1) is 0 Å². The molecule has 84 valence electrons. The number of aromatic nitrogens is 2. The lowest BCUT2D eigenvalue weighted by molar-refractivity contribution is 0.625. The van der Waals surface area contributed by atoms with Gasteiger partial charge in [0.05, 0.1) is 0 Å². The van der Waals surface area contributed by atoms with E-state index in [9.17, 15) is 0 Å². The molecule has 1 atom stereocenters. The maximum Gasteiger partial charge on any atom is 0.0421 e. The topological polar surface area (TPSA) is 43.8 Å². The van der Waals surface area contributed by atoms with Crippen LogP contribution in [0.4, 0.5) is 0 Å². The van der Waals surface area contributed by atoms with E-state index >= 15 is 0 Å². The quantitative estimate of drug-likeness (QED) is 0.849. The number of aryl methyl sites for hydroxylation is 2. The molecule has 0 aliphatic carbocycles. The fraction of sp³-hybridized carbons (Fsp3) is 0.308. The lowest BCUT2D eigenvalue weighted by Crippen LogP contribution is -2.12. The number of pyridine rings is 1. The van der Waals surface area contributed by atoms with Crippen molar-refractivity contribution in [1.29, 1.82) is 0 Å². The highest BCUT2D eigenvalue weighted by molar-refractivity contribution is 5.13. The first-order valence-electron chi connectivity index (χ1n) is 5.57. The Labute approximate surface area is 95.9 Å². The molecular weight excluding hydrogens is 198 g/mol.